The van der Waals surface area contributed by atoms with Gasteiger partial charge in [0.2, 0.25) is 5.82 Å². The number of tetrazole rings is 1. The summed E-state index contributed by atoms with van der Waals surface area (Å²) in [6.07, 6.45) is 6.13. The Morgan fingerprint density at radius 2 is 1.88 bits per heavy atom. The van der Waals surface area contributed by atoms with Gasteiger partial charge in [0.1, 0.15) is 0 Å². The molecule has 204 valence electrons. The first-order chi connectivity index (χ1) is 19.4. The molecule has 40 heavy (non-hydrogen) atoms. The minimum atomic E-state index is -1.06. The maximum atomic E-state index is 13.9. The van der Waals surface area contributed by atoms with E-state index in [-0.39, 0.29) is 17.2 Å². The Morgan fingerprint density at radius 1 is 1.07 bits per heavy atom. The average molecular weight is 538 g/mol. The molecule has 0 aliphatic carbocycles. The second kappa shape index (κ2) is 11.5. The van der Waals surface area contributed by atoms with E-state index in [1.807, 2.05) is 62.5 Å². The molecule has 0 aliphatic rings. The van der Waals surface area contributed by atoms with E-state index in [2.05, 4.69) is 32.5 Å². The molecule has 3 heterocycles. The summed E-state index contributed by atoms with van der Waals surface area (Å²) in [4.78, 5) is 30.5. The maximum absolute atomic E-state index is 13.9. The number of aromatic nitrogens is 7. The third-order valence-electron chi connectivity index (χ3n) is 6.97. The number of hydrogen-bond donors (Lipinski definition) is 2. The van der Waals surface area contributed by atoms with Crippen LogP contribution < -0.4 is 5.69 Å². The number of nitrogens with zero attached hydrogens (tertiary/aromatic N) is 6. The third kappa shape index (κ3) is 5.20. The van der Waals surface area contributed by atoms with Gasteiger partial charge in [-0.25, -0.2) is 9.59 Å². The van der Waals surface area contributed by atoms with Crippen LogP contribution in [0.5, 0.6) is 0 Å². The molecule has 2 aromatic carbocycles. The predicted molar refractivity (Wildman–Crippen MR) is 152 cm³/mol. The van der Waals surface area contributed by atoms with Crippen LogP contribution in [0, 0.1) is 0 Å². The molecule has 0 unspecified atom stereocenters. The molecule has 0 saturated heterocycles. The summed E-state index contributed by atoms with van der Waals surface area (Å²) in [6, 6.07) is 16.8. The number of pyridine rings is 1. The van der Waals surface area contributed by atoms with Gasteiger partial charge in [0.05, 0.1) is 23.5 Å². The second-order valence-corrected chi connectivity index (χ2v) is 10.00. The van der Waals surface area contributed by atoms with Gasteiger partial charge in [-0.3, -0.25) is 14.1 Å². The second-order valence-electron chi connectivity index (χ2n) is 10.00. The summed E-state index contributed by atoms with van der Waals surface area (Å²) in [6.45, 7) is 6.46. The van der Waals surface area contributed by atoms with Crippen LogP contribution in [0.3, 0.4) is 0 Å². The lowest BCUT2D eigenvalue weighted by Crippen LogP contribution is -2.26. The molecule has 0 fully saturated rings. The molecule has 0 radical (unpaired) electrons. The molecule has 10 heteroatoms. The highest BCUT2D eigenvalue weighted by molar-refractivity contribution is 5.92. The number of aryl methyl sites for hydroxylation is 1. The molecule has 3 aromatic heterocycles. The van der Waals surface area contributed by atoms with Crippen LogP contribution in [0.15, 0.2) is 71.8 Å². The van der Waals surface area contributed by atoms with Crippen LogP contribution in [-0.4, -0.2) is 45.8 Å². The molecule has 10 nitrogen and oxygen atoms in total. The number of benzene rings is 2. The lowest BCUT2D eigenvalue weighted by Gasteiger charge is -2.15. The fraction of sp³-hybridized carbons (Fsp3) is 0.267. The smallest absolute Gasteiger partial charge is 0.337 e. The zero-order valence-electron chi connectivity index (χ0n) is 22.7. The van der Waals surface area contributed by atoms with E-state index in [1.165, 1.54) is 4.57 Å². The molecule has 5 rings (SSSR count). The summed E-state index contributed by atoms with van der Waals surface area (Å²) in [5.41, 5.74) is 5.30. The molecule has 0 spiro atoms. The van der Waals surface area contributed by atoms with Crippen molar-refractivity contribution in [2.75, 3.05) is 0 Å². The van der Waals surface area contributed by atoms with Crippen molar-refractivity contribution in [1.29, 1.82) is 0 Å². The maximum Gasteiger partial charge on any atom is 0.337 e. The zero-order valence-corrected chi connectivity index (χ0v) is 22.7. The molecule has 0 aliphatic heterocycles. The highest BCUT2D eigenvalue weighted by Crippen LogP contribution is 2.29. The van der Waals surface area contributed by atoms with E-state index in [0.29, 0.717) is 24.5 Å². The molecule has 0 amide bonds. The summed E-state index contributed by atoms with van der Waals surface area (Å²) in [5, 5.41) is 24.2. The number of aromatic amines is 1. The number of aromatic carboxylic acids is 1. The lowest BCUT2D eigenvalue weighted by atomic mass is 9.97. The molecular formula is C30H31N7O3. The van der Waals surface area contributed by atoms with Gasteiger partial charge in [0.15, 0.2) is 0 Å². The summed E-state index contributed by atoms with van der Waals surface area (Å²) >= 11 is 0. The summed E-state index contributed by atoms with van der Waals surface area (Å²) in [5.74, 6) is -0.555. The van der Waals surface area contributed by atoms with E-state index < -0.39 is 5.97 Å². The van der Waals surface area contributed by atoms with E-state index in [4.69, 9.17) is 0 Å². The van der Waals surface area contributed by atoms with Crippen LogP contribution in [-0.2, 0) is 13.0 Å². The quantitative estimate of drug-likeness (QED) is 0.253. The zero-order chi connectivity index (χ0) is 28.2. The van der Waals surface area contributed by atoms with Gasteiger partial charge >= 0.3 is 11.7 Å². The van der Waals surface area contributed by atoms with Gasteiger partial charge < -0.3 is 5.11 Å². The number of H-pyrrole nitrogens is 1. The van der Waals surface area contributed by atoms with Gasteiger partial charge in [-0.1, -0.05) is 63.6 Å². The van der Waals surface area contributed by atoms with Crippen molar-refractivity contribution >= 4 is 5.97 Å². The molecule has 0 atom stereocenters. The SMILES string of the molecule is CCCCc1cn(-c2c(C(=O)O)cccc2C(C)C)c(=O)n1Cc1ccc(-c2ncccc2-c2nn[nH]n2)cc1. The Balaban J connectivity index is 1.54. The first kappa shape index (κ1) is 26.7. The predicted octanol–water partition coefficient (Wildman–Crippen LogP) is 5.09. The van der Waals surface area contributed by atoms with Gasteiger partial charge in [0, 0.05) is 29.2 Å². The van der Waals surface area contributed by atoms with E-state index in [0.717, 1.165) is 46.5 Å². The van der Waals surface area contributed by atoms with Crippen molar-refractivity contribution in [2.45, 2.75) is 52.5 Å². The van der Waals surface area contributed by atoms with Crippen molar-refractivity contribution in [2.24, 2.45) is 0 Å². The normalized spacial score (nSPS) is 11.3. The van der Waals surface area contributed by atoms with Crippen LogP contribution >= 0.6 is 0 Å². The average Bonchev–Trinajstić information content (AvgIpc) is 3.61. The Hall–Kier alpha value is -4.86. The Bertz CT molecular complexity index is 1680. The molecule has 0 bridgehead atoms. The van der Waals surface area contributed by atoms with Gasteiger partial charge in [-0.15, -0.1) is 10.2 Å². The standard InChI is InChI=1S/C30H31N7O3/c1-4-5-8-22-18-37(27-23(19(2)3)9-6-10-25(27)29(38)39)30(40)36(22)17-20-12-14-21(15-13-20)26-24(11-7-16-31-26)28-32-34-35-33-28/h6-7,9-16,18-19H,4-5,8,17H2,1-3H3,(H,38,39)(H,32,33,34,35). The fourth-order valence-electron chi connectivity index (χ4n) is 4.92. The Labute approximate surface area is 231 Å². The van der Waals surface area contributed by atoms with Crippen LogP contribution in [0.25, 0.3) is 28.3 Å². The van der Waals surface area contributed by atoms with E-state index in [9.17, 15) is 14.7 Å². The highest BCUT2D eigenvalue weighted by Gasteiger charge is 2.22. The minimum Gasteiger partial charge on any atom is -0.478 e. The monoisotopic (exact) mass is 537 g/mol. The third-order valence-corrected chi connectivity index (χ3v) is 6.97. The highest BCUT2D eigenvalue weighted by atomic mass is 16.4. The first-order valence-electron chi connectivity index (χ1n) is 13.3. The molecule has 2 N–H and O–H groups in total. The largest absolute Gasteiger partial charge is 0.478 e. The summed E-state index contributed by atoms with van der Waals surface area (Å²) in [7, 11) is 0. The van der Waals surface area contributed by atoms with Crippen molar-refractivity contribution in [3.63, 3.8) is 0 Å². The van der Waals surface area contributed by atoms with E-state index >= 15 is 0 Å². The number of rotatable bonds is 10. The van der Waals surface area contributed by atoms with Crippen molar-refractivity contribution in [3.8, 4) is 28.3 Å². The number of carboxylic acids is 1. The fourth-order valence-corrected chi connectivity index (χ4v) is 4.92. The number of imidazole rings is 1. The van der Waals surface area contributed by atoms with Gasteiger partial charge in [0.25, 0.3) is 0 Å². The number of para-hydroxylation sites is 1. The van der Waals surface area contributed by atoms with Gasteiger partial charge in [-0.05, 0) is 53.3 Å². The van der Waals surface area contributed by atoms with Crippen molar-refractivity contribution in [1.82, 2.24) is 34.7 Å². The number of carbonyl (C=O) groups is 1. The molecule has 5 aromatic rings. The van der Waals surface area contributed by atoms with E-state index in [1.54, 1.807) is 22.9 Å². The van der Waals surface area contributed by atoms with Crippen LogP contribution in [0.2, 0.25) is 0 Å². The number of hydrogen-bond acceptors (Lipinski definition) is 6. The molecule has 0 saturated carbocycles. The minimum absolute atomic E-state index is 0.0418. The molecular weight excluding hydrogens is 506 g/mol. The van der Waals surface area contributed by atoms with Crippen molar-refractivity contribution < 1.29 is 9.90 Å². The number of nitrogens with one attached hydrogen (secondary N) is 1. The lowest BCUT2D eigenvalue weighted by molar-refractivity contribution is 0.0696. The number of carboxylic acid groups (broad SMARTS) is 1. The first-order valence-corrected chi connectivity index (χ1v) is 13.3. The van der Waals surface area contributed by atoms with Crippen molar-refractivity contribution in [3.05, 3.63) is 99.9 Å². The Morgan fingerprint density at radius 3 is 2.55 bits per heavy atom. The Kier molecular flexibility index (Phi) is 7.68. The van der Waals surface area contributed by atoms with Crippen LogP contribution in [0.4, 0.5) is 0 Å². The van der Waals surface area contributed by atoms with Crippen LogP contribution in [0.1, 0.15) is 66.7 Å². The van der Waals surface area contributed by atoms with Gasteiger partial charge in [-0.2, -0.15) is 5.21 Å². The topological polar surface area (TPSA) is 132 Å². The number of unbranched alkanes of at least 4 members (excludes halogenated alkanes) is 1. The summed E-state index contributed by atoms with van der Waals surface area (Å²) < 4.78 is 3.27.